The van der Waals surface area contributed by atoms with Crippen molar-refractivity contribution < 1.29 is 9.12 Å². The van der Waals surface area contributed by atoms with E-state index in [4.69, 9.17) is 0 Å². The Morgan fingerprint density at radius 3 is 2.71 bits per heavy atom. The number of pyridine rings is 1. The summed E-state index contributed by atoms with van der Waals surface area (Å²) < 4.78 is 14.8. The second-order valence-corrected chi connectivity index (χ2v) is 5.74. The maximum Gasteiger partial charge on any atom is 0.418 e. The maximum atomic E-state index is 13.2. The third-order valence-corrected chi connectivity index (χ3v) is 4.24. The smallest absolute Gasteiger partial charge is 0.418 e. The van der Waals surface area contributed by atoms with E-state index in [0.717, 1.165) is 44.1 Å². The van der Waals surface area contributed by atoms with Gasteiger partial charge in [0.2, 0.25) is 0 Å². The van der Waals surface area contributed by atoms with E-state index < -0.39 is 11.5 Å². The van der Waals surface area contributed by atoms with Crippen LogP contribution in [0.3, 0.4) is 0 Å². The predicted molar refractivity (Wildman–Crippen MR) is 87.9 cm³/mol. The highest BCUT2D eigenvalue weighted by Crippen LogP contribution is 2.22. The number of aromatic nitrogens is 3. The van der Waals surface area contributed by atoms with Gasteiger partial charge in [-0.2, -0.15) is 0 Å². The number of halogens is 1. The first-order valence-corrected chi connectivity index (χ1v) is 7.73. The third kappa shape index (κ3) is 2.41. The fourth-order valence-electron chi connectivity index (χ4n) is 3.06. The van der Waals surface area contributed by atoms with Gasteiger partial charge in [-0.05, 0) is 18.2 Å². The van der Waals surface area contributed by atoms with Crippen LogP contribution < -0.4 is 20.6 Å². The molecule has 1 aliphatic rings. The van der Waals surface area contributed by atoms with Gasteiger partial charge < -0.3 is 15.4 Å². The molecule has 3 aromatic rings. The maximum absolute atomic E-state index is 13.2. The van der Waals surface area contributed by atoms with Gasteiger partial charge in [0.15, 0.2) is 11.3 Å². The van der Waals surface area contributed by atoms with Crippen LogP contribution in [0.1, 0.15) is 0 Å². The summed E-state index contributed by atoms with van der Waals surface area (Å²) in [5.74, 6) is -0.590. The fraction of sp³-hybridized carbons (Fsp3) is 0.250. The van der Waals surface area contributed by atoms with Gasteiger partial charge in [0.1, 0.15) is 6.20 Å². The van der Waals surface area contributed by atoms with Crippen molar-refractivity contribution in [2.75, 3.05) is 31.1 Å². The van der Waals surface area contributed by atoms with E-state index >= 15 is 0 Å². The van der Waals surface area contributed by atoms with Gasteiger partial charge in [-0.1, -0.05) is 0 Å². The van der Waals surface area contributed by atoms with Crippen LogP contribution in [0.15, 0.2) is 41.3 Å². The van der Waals surface area contributed by atoms with Crippen molar-refractivity contribution in [1.29, 1.82) is 0 Å². The molecule has 4 rings (SSSR count). The Hall–Kier alpha value is -2.87. The van der Waals surface area contributed by atoms with Crippen molar-refractivity contribution in [3.63, 3.8) is 0 Å². The predicted octanol–water partition coefficient (Wildman–Crippen LogP) is 0.501. The van der Waals surface area contributed by atoms with Crippen molar-refractivity contribution in [2.45, 2.75) is 0 Å². The average molecular weight is 329 g/mol. The number of aromatic amines is 1. The summed E-state index contributed by atoms with van der Waals surface area (Å²) in [7, 11) is 0. The van der Waals surface area contributed by atoms with Crippen LogP contribution in [0, 0.1) is 11.0 Å². The molecule has 1 aromatic carbocycles. The zero-order chi connectivity index (χ0) is 16.7. The minimum absolute atomic E-state index is 0.0603. The van der Waals surface area contributed by atoms with Crippen LogP contribution in [-0.2, 0) is 0 Å². The lowest BCUT2D eigenvalue weighted by Crippen LogP contribution is -2.43. The molecule has 0 unspecified atom stereocenters. The number of anilines is 1. The lowest BCUT2D eigenvalue weighted by Gasteiger charge is -2.29. The number of rotatable bonds is 2. The summed E-state index contributed by atoms with van der Waals surface area (Å²) >= 11 is 0. The number of H-pyrrole nitrogens is 1. The van der Waals surface area contributed by atoms with Crippen molar-refractivity contribution in [2.24, 2.45) is 0 Å². The molecule has 0 atom stereocenters. The lowest BCUT2D eigenvalue weighted by atomic mass is 10.2. The van der Waals surface area contributed by atoms with Crippen LogP contribution in [0.4, 0.5) is 10.1 Å². The monoisotopic (exact) mass is 329 g/mol. The number of nitrogens with zero attached hydrogens (tertiary/aromatic N) is 3. The molecule has 1 aliphatic heterocycles. The first-order valence-electron chi connectivity index (χ1n) is 7.73. The molecule has 1 fully saturated rings. The number of piperazine rings is 1. The molecule has 124 valence electrons. The minimum Gasteiger partial charge on any atom is -0.710 e. The summed E-state index contributed by atoms with van der Waals surface area (Å²) in [5, 5.41) is 15.3. The molecule has 0 aliphatic carbocycles. The van der Waals surface area contributed by atoms with Gasteiger partial charge in [-0.3, -0.25) is 4.98 Å². The SMILES string of the molecule is O=c1[nH]c2ccc(N3CCNCC3)cc2n1-c1ccc(F)c[n+]1[O-]. The molecule has 0 spiro atoms. The van der Waals surface area contributed by atoms with E-state index in [2.05, 4.69) is 15.2 Å². The summed E-state index contributed by atoms with van der Waals surface area (Å²) in [4.78, 5) is 17.2. The Bertz CT molecular complexity index is 959. The van der Waals surface area contributed by atoms with Gasteiger partial charge in [0.25, 0.3) is 5.82 Å². The van der Waals surface area contributed by atoms with Crippen LogP contribution in [0.5, 0.6) is 0 Å². The van der Waals surface area contributed by atoms with Crippen LogP contribution in [0.2, 0.25) is 0 Å². The summed E-state index contributed by atoms with van der Waals surface area (Å²) in [6.07, 6.45) is 0.806. The molecule has 0 radical (unpaired) electrons. The quantitative estimate of drug-likeness (QED) is 0.530. The average Bonchev–Trinajstić information content (AvgIpc) is 2.91. The number of nitrogens with one attached hydrogen (secondary N) is 2. The molecule has 0 amide bonds. The molecule has 2 aromatic heterocycles. The number of imidazole rings is 1. The topological polar surface area (TPSA) is 80.0 Å². The number of benzene rings is 1. The number of hydrogen-bond acceptors (Lipinski definition) is 4. The van der Waals surface area contributed by atoms with Crippen molar-refractivity contribution in [1.82, 2.24) is 14.9 Å². The van der Waals surface area contributed by atoms with E-state index in [-0.39, 0.29) is 5.82 Å². The molecule has 24 heavy (non-hydrogen) atoms. The summed E-state index contributed by atoms with van der Waals surface area (Å²) in [6, 6.07) is 8.11. The Morgan fingerprint density at radius 1 is 1.17 bits per heavy atom. The Kier molecular flexibility index (Phi) is 3.46. The van der Waals surface area contributed by atoms with Gasteiger partial charge in [0, 0.05) is 44.0 Å². The van der Waals surface area contributed by atoms with E-state index in [1.165, 1.54) is 10.6 Å². The normalized spacial score (nSPS) is 15.1. The summed E-state index contributed by atoms with van der Waals surface area (Å²) in [6.45, 7) is 3.55. The third-order valence-electron chi connectivity index (χ3n) is 4.24. The fourth-order valence-corrected chi connectivity index (χ4v) is 3.06. The van der Waals surface area contributed by atoms with Gasteiger partial charge in [-0.25, -0.2) is 13.9 Å². The zero-order valence-corrected chi connectivity index (χ0v) is 12.8. The highest BCUT2D eigenvalue weighted by Gasteiger charge is 2.20. The highest BCUT2D eigenvalue weighted by molar-refractivity contribution is 5.81. The van der Waals surface area contributed by atoms with Crippen molar-refractivity contribution in [3.8, 4) is 5.82 Å². The molecular weight excluding hydrogens is 313 g/mol. The number of hydrogen-bond donors (Lipinski definition) is 2. The van der Waals surface area contributed by atoms with Gasteiger partial charge in [0.05, 0.1) is 5.52 Å². The molecule has 0 bridgehead atoms. The zero-order valence-electron chi connectivity index (χ0n) is 12.8. The second-order valence-electron chi connectivity index (χ2n) is 5.74. The first kappa shape index (κ1) is 14.7. The van der Waals surface area contributed by atoms with Gasteiger partial charge >= 0.3 is 5.69 Å². The first-order chi connectivity index (χ1) is 11.6. The van der Waals surface area contributed by atoms with E-state index in [1.54, 1.807) is 0 Å². The second kappa shape index (κ2) is 5.64. The minimum atomic E-state index is -0.650. The number of fused-ring (bicyclic) bond motifs is 1. The molecular formula is C16H16FN5O2. The van der Waals surface area contributed by atoms with Gasteiger partial charge in [-0.15, -0.1) is 4.57 Å². The standard InChI is InChI=1S/C16H16FN5O2/c17-11-1-4-15(21(24)10-11)22-14-9-12(20-7-5-18-6-8-20)2-3-13(14)19-16(22)23/h1-4,9-10,18H,5-8H2,(H,19,23). The van der Waals surface area contributed by atoms with E-state index in [9.17, 15) is 14.4 Å². The van der Waals surface area contributed by atoms with E-state index in [1.807, 2.05) is 18.2 Å². The molecule has 2 N–H and O–H groups in total. The van der Waals surface area contributed by atoms with E-state index in [0.29, 0.717) is 15.8 Å². The summed E-state index contributed by atoms with van der Waals surface area (Å²) in [5.41, 5.74) is 1.77. The largest absolute Gasteiger partial charge is 0.710 e. The van der Waals surface area contributed by atoms with Crippen LogP contribution in [0.25, 0.3) is 16.9 Å². The molecule has 1 saturated heterocycles. The van der Waals surface area contributed by atoms with Crippen LogP contribution >= 0.6 is 0 Å². The lowest BCUT2D eigenvalue weighted by molar-refractivity contribution is -0.601. The molecule has 8 heteroatoms. The van der Waals surface area contributed by atoms with Crippen LogP contribution in [-0.4, -0.2) is 35.7 Å². The molecule has 7 nitrogen and oxygen atoms in total. The van der Waals surface area contributed by atoms with Crippen molar-refractivity contribution >= 4 is 16.7 Å². The Labute approximate surface area is 136 Å². The molecule has 0 saturated carbocycles. The molecule has 3 heterocycles. The highest BCUT2D eigenvalue weighted by atomic mass is 19.1. The Balaban J connectivity index is 1.88. The van der Waals surface area contributed by atoms with Crippen molar-refractivity contribution in [3.05, 3.63) is 58.0 Å². The Morgan fingerprint density at radius 2 is 1.96 bits per heavy atom.